The number of allylic oxidation sites excluding steroid dienone is 2. The fourth-order valence-corrected chi connectivity index (χ4v) is 1.94. The van der Waals surface area contributed by atoms with Gasteiger partial charge in [-0.3, -0.25) is 0 Å². The van der Waals surface area contributed by atoms with E-state index in [4.69, 9.17) is 0 Å². The fraction of sp³-hybridized carbons (Fsp3) is 0.214. The van der Waals surface area contributed by atoms with Crippen LogP contribution in [0.25, 0.3) is 11.1 Å². The summed E-state index contributed by atoms with van der Waals surface area (Å²) in [6.45, 7) is -2.90. The maximum atomic E-state index is 13.3. The number of hydrogen-bond donors (Lipinski definition) is 0. The predicted octanol–water partition coefficient (Wildman–Crippen LogP) is 4.13. The first-order valence-electron chi connectivity index (χ1n) is 5.80. The lowest BCUT2D eigenvalue weighted by Gasteiger charge is -2.11. The van der Waals surface area contributed by atoms with Crippen LogP contribution in [0.3, 0.4) is 0 Å². The molecule has 0 bridgehead atoms. The fourth-order valence-electron chi connectivity index (χ4n) is 1.94. The molecule has 1 heterocycles. The first kappa shape index (κ1) is 14.3. The van der Waals surface area contributed by atoms with Crippen molar-refractivity contribution in [2.24, 2.45) is 0 Å². The van der Waals surface area contributed by atoms with E-state index in [0.717, 1.165) is 6.26 Å². The molecule has 2 rings (SSSR count). The van der Waals surface area contributed by atoms with Gasteiger partial charge >= 0.3 is 6.14 Å². The van der Waals surface area contributed by atoms with Crippen molar-refractivity contribution in [1.82, 2.24) is 4.98 Å². The third-order valence-electron chi connectivity index (χ3n) is 2.90. The van der Waals surface area contributed by atoms with Gasteiger partial charge in [-0.1, -0.05) is 24.3 Å². The Bertz CT molecular complexity index is 621. The van der Waals surface area contributed by atoms with Crippen molar-refractivity contribution in [2.45, 2.75) is 6.67 Å². The molecule has 0 unspecified atom stereocenters. The lowest BCUT2D eigenvalue weighted by molar-refractivity contribution is 0.336. The number of halogens is 4. The van der Waals surface area contributed by atoms with Crippen LogP contribution < -0.4 is 0 Å². The van der Waals surface area contributed by atoms with Gasteiger partial charge < -0.3 is 4.42 Å². The number of nitrogens with zero attached hydrogens (tertiary/aromatic N) is 1. The van der Waals surface area contributed by atoms with E-state index >= 15 is 0 Å². The van der Waals surface area contributed by atoms with Crippen LogP contribution in [-0.4, -0.2) is 18.3 Å². The number of benzene rings is 1. The molecule has 2 nitrogen and oxygen atoms in total. The molecule has 0 aliphatic heterocycles. The zero-order valence-electron chi connectivity index (χ0n) is 10.4. The van der Waals surface area contributed by atoms with Crippen molar-refractivity contribution in [3.63, 3.8) is 0 Å². The molecule has 20 heavy (non-hydrogen) atoms. The van der Waals surface area contributed by atoms with Crippen LogP contribution in [0.4, 0.5) is 17.6 Å². The van der Waals surface area contributed by atoms with Crippen LogP contribution in [0.2, 0.25) is 0 Å². The molecule has 0 saturated heterocycles. The molecule has 0 atom stereocenters. The Morgan fingerprint density at radius 2 is 1.75 bits per heavy atom. The van der Waals surface area contributed by atoms with E-state index in [9.17, 15) is 17.6 Å². The van der Waals surface area contributed by atoms with Crippen molar-refractivity contribution in [1.29, 1.82) is 0 Å². The van der Waals surface area contributed by atoms with E-state index in [1.165, 1.54) is 12.1 Å². The van der Waals surface area contributed by atoms with Crippen LogP contribution in [-0.2, 0) is 6.67 Å². The average Bonchev–Trinajstić information content (AvgIpc) is 2.90. The van der Waals surface area contributed by atoms with E-state index in [0.29, 0.717) is 0 Å². The van der Waals surface area contributed by atoms with Crippen molar-refractivity contribution < 1.29 is 22.0 Å². The quantitative estimate of drug-likeness (QED) is 0.772. The lowest BCUT2D eigenvalue weighted by Crippen LogP contribution is -2.00. The van der Waals surface area contributed by atoms with E-state index in [1.807, 2.05) is 0 Å². The number of oxazole rings is 1. The van der Waals surface area contributed by atoms with Gasteiger partial charge in [0, 0.05) is 5.57 Å². The van der Waals surface area contributed by atoms with E-state index in [2.05, 4.69) is 9.40 Å². The van der Waals surface area contributed by atoms with Gasteiger partial charge in [-0.25, -0.2) is 13.2 Å². The summed E-state index contributed by atoms with van der Waals surface area (Å²) in [6, 6.07) is 6.14. The molecule has 0 spiro atoms. The second kappa shape index (κ2) is 6.36. The van der Waals surface area contributed by atoms with Gasteiger partial charge in [-0.2, -0.15) is 4.98 Å². The topological polar surface area (TPSA) is 26.0 Å². The van der Waals surface area contributed by atoms with Crippen LogP contribution in [0.1, 0.15) is 16.8 Å². The molecule has 0 radical (unpaired) electrons. The maximum absolute atomic E-state index is 13.3. The highest BCUT2D eigenvalue weighted by atomic mass is 19.1. The van der Waals surface area contributed by atoms with Crippen LogP contribution in [0, 0.1) is 6.14 Å². The van der Waals surface area contributed by atoms with Crippen molar-refractivity contribution in [2.75, 3.05) is 13.3 Å². The van der Waals surface area contributed by atoms with Crippen molar-refractivity contribution in [3.8, 4) is 0 Å². The Morgan fingerprint density at radius 1 is 1.05 bits per heavy atom. The van der Waals surface area contributed by atoms with Crippen LogP contribution in [0.5, 0.6) is 0 Å². The molecule has 0 amide bonds. The highest BCUT2D eigenvalue weighted by Gasteiger charge is 2.17. The Balaban J connectivity index is 2.60. The molecule has 2 aromatic rings. The highest BCUT2D eigenvalue weighted by molar-refractivity contribution is 5.91. The SMILES string of the molecule is FCC(=C(CF)c1ccccc1CF)c1coc(F)n1. The van der Waals surface area contributed by atoms with Gasteiger partial charge in [0.2, 0.25) is 0 Å². The van der Waals surface area contributed by atoms with Gasteiger partial charge in [0.1, 0.15) is 32.0 Å². The summed E-state index contributed by atoms with van der Waals surface area (Å²) in [4.78, 5) is 3.34. The standard InChI is InChI=1S/C14H11F4NO/c15-5-9-3-1-2-4-10(9)11(6-16)12(7-17)13-8-20-14(18)19-13/h1-4,8H,5-7H2. The van der Waals surface area contributed by atoms with E-state index < -0.39 is 26.2 Å². The molecule has 1 aromatic carbocycles. The monoisotopic (exact) mass is 285 g/mol. The smallest absolute Gasteiger partial charge is 0.381 e. The Hall–Kier alpha value is -2.11. The molecule has 0 aliphatic rings. The summed E-state index contributed by atoms with van der Waals surface area (Å²) < 4.78 is 56.5. The molecule has 0 N–H and O–H groups in total. The summed E-state index contributed by atoms with van der Waals surface area (Å²) in [6.07, 6.45) is -0.235. The molecule has 0 saturated carbocycles. The third-order valence-corrected chi connectivity index (χ3v) is 2.90. The molecule has 106 valence electrons. The zero-order valence-corrected chi connectivity index (χ0v) is 10.4. The number of hydrogen-bond acceptors (Lipinski definition) is 2. The average molecular weight is 285 g/mol. The number of rotatable bonds is 5. The van der Waals surface area contributed by atoms with Crippen molar-refractivity contribution in [3.05, 3.63) is 53.5 Å². The predicted molar refractivity (Wildman–Crippen MR) is 66.5 cm³/mol. The Kier molecular flexibility index (Phi) is 4.55. The number of alkyl halides is 3. The second-order valence-corrected chi connectivity index (χ2v) is 4.00. The number of aromatic nitrogens is 1. The van der Waals surface area contributed by atoms with E-state index in [-0.39, 0.29) is 28.0 Å². The van der Waals surface area contributed by atoms with Gasteiger partial charge in [-0.05, 0) is 16.7 Å². The summed E-state index contributed by atoms with van der Waals surface area (Å²) in [5, 5.41) is 0. The molecule has 1 aromatic heterocycles. The summed E-state index contributed by atoms with van der Waals surface area (Å²) in [5.74, 6) is 0. The van der Waals surface area contributed by atoms with Crippen LogP contribution in [0.15, 0.2) is 34.9 Å². The lowest BCUT2D eigenvalue weighted by atomic mass is 9.96. The molecule has 0 fully saturated rings. The summed E-state index contributed by atoms with van der Waals surface area (Å²) in [5.41, 5.74) is 0.130. The Morgan fingerprint density at radius 3 is 2.30 bits per heavy atom. The van der Waals surface area contributed by atoms with Gasteiger partial charge in [0.25, 0.3) is 0 Å². The normalized spacial score (nSPS) is 12.4. The third kappa shape index (κ3) is 2.74. The highest BCUT2D eigenvalue weighted by Crippen LogP contribution is 2.29. The van der Waals surface area contributed by atoms with Crippen molar-refractivity contribution >= 4 is 11.1 Å². The first-order valence-corrected chi connectivity index (χ1v) is 5.80. The molecule has 6 heteroatoms. The molecule has 0 aliphatic carbocycles. The largest absolute Gasteiger partial charge is 0.423 e. The van der Waals surface area contributed by atoms with Gasteiger partial charge in [0.15, 0.2) is 0 Å². The Labute approximate surface area is 112 Å². The zero-order chi connectivity index (χ0) is 14.5. The minimum Gasteiger partial charge on any atom is -0.423 e. The van der Waals surface area contributed by atoms with Gasteiger partial charge in [-0.15, -0.1) is 4.39 Å². The summed E-state index contributed by atoms with van der Waals surface area (Å²) >= 11 is 0. The second-order valence-electron chi connectivity index (χ2n) is 4.00. The maximum Gasteiger partial charge on any atom is 0.381 e. The summed E-state index contributed by atoms with van der Waals surface area (Å²) in [7, 11) is 0. The minimum atomic E-state index is -1.14. The van der Waals surface area contributed by atoms with E-state index in [1.54, 1.807) is 12.1 Å². The van der Waals surface area contributed by atoms with Crippen LogP contribution >= 0.6 is 0 Å². The molecular weight excluding hydrogens is 274 g/mol. The van der Waals surface area contributed by atoms with Gasteiger partial charge in [0.05, 0.1) is 0 Å². The molecular formula is C14H11F4NO. The first-order chi connectivity index (χ1) is 9.71. The minimum absolute atomic E-state index is 0.0611.